The molecule has 1 aromatic rings. The van der Waals surface area contributed by atoms with E-state index in [9.17, 15) is 4.39 Å². The minimum Gasteiger partial charge on any atom is -0.366 e. The van der Waals surface area contributed by atoms with Crippen molar-refractivity contribution in [2.45, 2.75) is 45.7 Å². The zero-order valence-electron chi connectivity index (χ0n) is 11.4. The van der Waals surface area contributed by atoms with Gasteiger partial charge in [0.1, 0.15) is 5.82 Å². The summed E-state index contributed by atoms with van der Waals surface area (Å²) in [6.45, 7) is 6.90. The summed E-state index contributed by atoms with van der Waals surface area (Å²) in [5.74, 6) is -0.0780. The van der Waals surface area contributed by atoms with Crippen LogP contribution in [-0.2, 0) is 6.54 Å². The van der Waals surface area contributed by atoms with Crippen LogP contribution in [0.15, 0.2) is 18.2 Å². The molecule has 0 bridgehead atoms. The molecule has 2 rings (SSSR count). The van der Waals surface area contributed by atoms with E-state index in [0.717, 1.165) is 37.3 Å². The fourth-order valence-corrected chi connectivity index (χ4v) is 2.84. The average Bonchev–Trinajstić information content (AvgIpc) is 2.84. The topological polar surface area (TPSA) is 15.3 Å². The van der Waals surface area contributed by atoms with Gasteiger partial charge in [-0.25, -0.2) is 4.39 Å². The lowest BCUT2D eigenvalue weighted by Crippen LogP contribution is -2.31. The van der Waals surface area contributed by atoms with Crippen LogP contribution in [0.5, 0.6) is 0 Å². The zero-order chi connectivity index (χ0) is 13.0. The molecule has 0 aromatic heterocycles. The third kappa shape index (κ3) is 2.66. The Morgan fingerprint density at radius 1 is 1.39 bits per heavy atom. The number of benzene rings is 1. The van der Waals surface area contributed by atoms with Crippen LogP contribution in [0.4, 0.5) is 10.1 Å². The lowest BCUT2D eigenvalue weighted by atomic mass is 10.1. The maximum absolute atomic E-state index is 14.2. The predicted molar refractivity (Wildman–Crippen MR) is 74.4 cm³/mol. The van der Waals surface area contributed by atoms with E-state index in [1.54, 1.807) is 6.07 Å². The molecule has 1 aliphatic heterocycles. The van der Waals surface area contributed by atoms with Gasteiger partial charge >= 0.3 is 0 Å². The molecule has 0 aliphatic carbocycles. The number of rotatable bonds is 5. The molecule has 1 N–H and O–H groups in total. The summed E-state index contributed by atoms with van der Waals surface area (Å²) in [6, 6.07) is 5.92. The van der Waals surface area contributed by atoms with Crippen LogP contribution >= 0.6 is 0 Å². The summed E-state index contributed by atoms with van der Waals surface area (Å²) in [5.41, 5.74) is 1.90. The molecule has 18 heavy (non-hydrogen) atoms. The van der Waals surface area contributed by atoms with Gasteiger partial charge in [0.25, 0.3) is 0 Å². The van der Waals surface area contributed by atoms with Crippen molar-refractivity contribution in [3.8, 4) is 0 Å². The van der Waals surface area contributed by atoms with Crippen molar-refractivity contribution >= 4 is 5.69 Å². The standard InChI is InChI=1S/C15H23FN2/c1-3-13-8-6-10-18(13)15-12(11-17-4-2)7-5-9-14(15)16/h5,7,9,13,17H,3-4,6,8,10-11H2,1-2H3. The largest absolute Gasteiger partial charge is 0.366 e. The maximum atomic E-state index is 14.2. The SMILES string of the molecule is CCNCc1cccc(F)c1N1CCCC1CC. The smallest absolute Gasteiger partial charge is 0.146 e. The fourth-order valence-electron chi connectivity index (χ4n) is 2.84. The van der Waals surface area contributed by atoms with Gasteiger partial charge in [-0.1, -0.05) is 26.0 Å². The van der Waals surface area contributed by atoms with Crippen molar-refractivity contribution in [2.24, 2.45) is 0 Å². The zero-order valence-corrected chi connectivity index (χ0v) is 11.4. The number of nitrogens with one attached hydrogen (secondary N) is 1. The number of anilines is 1. The summed E-state index contributed by atoms with van der Waals surface area (Å²) in [4.78, 5) is 2.27. The predicted octanol–water partition coefficient (Wildman–Crippen LogP) is 3.31. The van der Waals surface area contributed by atoms with Gasteiger partial charge in [-0.15, -0.1) is 0 Å². The summed E-state index contributed by atoms with van der Waals surface area (Å²) in [5, 5.41) is 3.30. The number of nitrogens with zero attached hydrogens (tertiary/aromatic N) is 1. The first-order valence-corrected chi connectivity index (χ1v) is 7.02. The molecule has 100 valence electrons. The Morgan fingerprint density at radius 2 is 2.22 bits per heavy atom. The number of hydrogen-bond donors (Lipinski definition) is 1. The number of halogens is 1. The first-order chi connectivity index (χ1) is 8.77. The Hall–Kier alpha value is -1.09. The molecule has 0 amide bonds. The van der Waals surface area contributed by atoms with Crippen molar-refractivity contribution in [2.75, 3.05) is 18.0 Å². The third-order valence-corrected chi connectivity index (χ3v) is 3.77. The van der Waals surface area contributed by atoms with Gasteiger partial charge in [0.05, 0.1) is 5.69 Å². The van der Waals surface area contributed by atoms with E-state index in [-0.39, 0.29) is 5.82 Å². The highest BCUT2D eigenvalue weighted by molar-refractivity contribution is 5.56. The minimum absolute atomic E-state index is 0.0780. The van der Waals surface area contributed by atoms with E-state index in [0.29, 0.717) is 6.04 Å². The lowest BCUT2D eigenvalue weighted by molar-refractivity contribution is 0.590. The Labute approximate surface area is 109 Å². The Kier molecular flexibility index (Phi) is 4.59. The molecule has 1 saturated heterocycles. The number of para-hydroxylation sites is 1. The molecule has 2 nitrogen and oxygen atoms in total. The fraction of sp³-hybridized carbons (Fsp3) is 0.600. The molecule has 0 saturated carbocycles. The van der Waals surface area contributed by atoms with Gasteiger partial charge in [0, 0.05) is 19.1 Å². The van der Waals surface area contributed by atoms with E-state index >= 15 is 0 Å². The molecule has 3 heteroatoms. The monoisotopic (exact) mass is 250 g/mol. The Morgan fingerprint density at radius 3 is 2.94 bits per heavy atom. The molecule has 1 aliphatic rings. The average molecular weight is 250 g/mol. The van der Waals surface area contributed by atoms with E-state index in [1.807, 2.05) is 12.1 Å². The van der Waals surface area contributed by atoms with Crippen molar-refractivity contribution < 1.29 is 4.39 Å². The van der Waals surface area contributed by atoms with E-state index in [2.05, 4.69) is 24.1 Å². The molecule has 1 heterocycles. The molecule has 0 radical (unpaired) electrons. The van der Waals surface area contributed by atoms with Gasteiger partial charge in [0.2, 0.25) is 0 Å². The highest BCUT2D eigenvalue weighted by Gasteiger charge is 2.26. The van der Waals surface area contributed by atoms with Gasteiger partial charge in [-0.2, -0.15) is 0 Å². The van der Waals surface area contributed by atoms with Crippen molar-refractivity contribution in [3.05, 3.63) is 29.6 Å². The van der Waals surface area contributed by atoms with Crippen LogP contribution in [0.1, 0.15) is 38.7 Å². The van der Waals surface area contributed by atoms with Gasteiger partial charge in [-0.05, 0) is 37.4 Å². The first-order valence-electron chi connectivity index (χ1n) is 7.02. The Balaban J connectivity index is 2.29. The molecule has 1 atom stereocenters. The highest BCUT2D eigenvalue weighted by atomic mass is 19.1. The van der Waals surface area contributed by atoms with Crippen LogP contribution in [0.25, 0.3) is 0 Å². The van der Waals surface area contributed by atoms with Crippen molar-refractivity contribution in [3.63, 3.8) is 0 Å². The van der Waals surface area contributed by atoms with Crippen molar-refractivity contribution in [1.82, 2.24) is 5.32 Å². The molecular formula is C15H23FN2. The summed E-state index contributed by atoms with van der Waals surface area (Å²) >= 11 is 0. The molecular weight excluding hydrogens is 227 g/mol. The Bertz CT molecular complexity index is 392. The summed E-state index contributed by atoms with van der Waals surface area (Å²) in [7, 11) is 0. The second-order valence-electron chi connectivity index (χ2n) is 4.93. The second kappa shape index (κ2) is 6.19. The molecule has 1 aromatic carbocycles. The minimum atomic E-state index is -0.0780. The maximum Gasteiger partial charge on any atom is 0.146 e. The second-order valence-corrected chi connectivity index (χ2v) is 4.93. The quantitative estimate of drug-likeness (QED) is 0.862. The molecule has 0 spiro atoms. The van der Waals surface area contributed by atoms with Crippen molar-refractivity contribution in [1.29, 1.82) is 0 Å². The third-order valence-electron chi connectivity index (χ3n) is 3.77. The lowest BCUT2D eigenvalue weighted by Gasteiger charge is -2.28. The van der Waals surface area contributed by atoms with Crippen LogP contribution in [0.3, 0.4) is 0 Å². The first kappa shape index (κ1) is 13.3. The van der Waals surface area contributed by atoms with Gasteiger partial charge < -0.3 is 10.2 Å². The van der Waals surface area contributed by atoms with Gasteiger partial charge in [0.15, 0.2) is 0 Å². The number of hydrogen-bond acceptors (Lipinski definition) is 2. The van der Waals surface area contributed by atoms with E-state index < -0.39 is 0 Å². The van der Waals surface area contributed by atoms with E-state index in [1.165, 1.54) is 12.8 Å². The van der Waals surface area contributed by atoms with Crippen LogP contribution in [-0.4, -0.2) is 19.1 Å². The van der Waals surface area contributed by atoms with E-state index in [4.69, 9.17) is 0 Å². The molecule has 1 fully saturated rings. The normalized spacial score (nSPS) is 19.5. The summed E-state index contributed by atoms with van der Waals surface area (Å²) < 4.78 is 14.2. The van der Waals surface area contributed by atoms with Crippen LogP contribution in [0.2, 0.25) is 0 Å². The summed E-state index contributed by atoms with van der Waals surface area (Å²) in [6.07, 6.45) is 3.45. The van der Waals surface area contributed by atoms with Crippen LogP contribution < -0.4 is 10.2 Å². The highest BCUT2D eigenvalue weighted by Crippen LogP contribution is 2.32. The molecule has 1 unspecified atom stereocenters. The van der Waals surface area contributed by atoms with Gasteiger partial charge in [-0.3, -0.25) is 0 Å². The van der Waals surface area contributed by atoms with Crippen LogP contribution in [0, 0.1) is 5.82 Å².